The lowest BCUT2D eigenvalue weighted by molar-refractivity contribution is -0.132. The molecule has 0 radical (unpaired) electrons. The van der Waals surface area contributed by atoms with Crippen LogP contribution in [-0.4, -0.2) is 85.5 Å². The number of thiophene rings is 4. The van der Waals surface area contributed by atoms with Gasteiger partial charge in [0.05, 0.1) is 26.1 Å². The summed E-state index contributed by atoms with van der Waals surface area (Å²) in [7, 11) is 5.74. The summed E-state index contributed by atoms with van der Waals surface area (Å²) in [4.78, 5) is 48.9. The zero-order chi connectivity index (χ0) is 88.4. The highest BCUT2D eigenvalue weighted by Crippen LogP contribution is 2.54. The first-order valence-corrected chi connectivity index (χ1v) is 42.4. The molecule has 0 aliphatic carbocycles. The number of rotatable bonds is 26. The van der Waals surface area contributed by atoms with E-state index in [0.717, 1.165) is 126 Å². The third-order valence-electron chi connectivity index (χ3n) is 19.3. The molecule has 7 N–H and O–H groups in total. The number of halogens is 2. The van der Waals surface area contributed by atoms with Crippen molar-refractivity contribution in [3.05, 3.63) is 336 Å². The van der Waals surface area contributed by atoms with Crippen LogP contribution in [0.2, 0.25) is 0 Å². The van der Waals surface area contributed by atoms with Gasteiger partial charge in [0.15, 0.2) is 28.8 Å². The average Bonchev–Trinajstić information content (AvgIpc) is 1.66. The molecule has 0 bridgehead atoms. The molecule has 4 aromatic heterocycles. The highest BCUT2D eigenvalue weighted by Gasteiger charge is 2.26. The second kappa shape index (κ2) is 41.0. The molecule has 630 valence electrons. The van der Waals surface area contributed by atoms with Crippen molar-refractivity contribution < 1.29 is 87.4 Å². The number of ketones is 1. The number of benzene rings is 12. The maximum absolute atomic E-state index is 13.6. The van der Waals surface area contributed by atoms with Gasteiger partial charge < -0.3 is 64.3 Å². The molecule has 0 saturated carbocycles. The van der Waals surface area contributed by atoms with E-state index < -0.39 is 24.3 Å². The molecular formula is C102H83F2NO16S4. The molecular weight excluding hydrogens is 1660 g/mol. The van der Waals surface area contributed by atoms with E-state index in [1.165, 1.54) is 59.7 Å². The monoisotopic (exact) mass is 1740 g/mol. The van der Waals surface area contributed by atoms with Gasteiger partial charge in [-0.05, 0) is 223 Å². The van der Waals surface area contributed by atoms with E-state index in [0.29, 0.717) is 67.4 Å². The first-order valence-electron chi connectivity index (χ1n) is 39.1. The summed E-state index contributed by atoms with van der Waals surface area (Å²) in [5, 5.41) is 69.6. The summed E-state index contributed by atoms with van der Waals surface area (Å²) in [6, 6.07) is 80.5. The minimum atomic E-state index is -2.65. The van der Waals surface area contributed by atoms with E-state index in [1.807, 2.05) is 123 Å². The molecule has 0 aliphatic rings. The molecule has 12 aromatic carbocycles. The van der Waals surface area contributed by atoms with Crippen molar-refractivity contribution in [1.29, 1.82) is 0 Å². The van der Waals surface area contributed by atoms with Crippen molar-refractivity contribution in [2.24, 2.45) is 0 Å². The number of carbonyl (C=O) groups excluding carboxylic acids is 1. The van der Waals surface area contributed by atoms with E-state index in [1.54, 1.807) is 169 Å². The molecule has 0 aliphatic heterocycles. The van der Waals surface area contributed by atoms with E-state index >= 15 is 0 Å². The second-order valence-corrected chi connectivity index (χ2v) is 33.2. The van der Waals surface area contributed by atoms with E-state index in [2.05, 4.69) is 49.1 Å². The highest BCUT2D eigenvalue weighted by atomic mass is 32.1. The molecule has 4 heterocycles. The first-order chi connectivity index (χ1) is 60.3. The number of ether oxygens (including phenoxy) is 5. The van der Waals surface area contributed by atoms with Crippen LogP contribution in [0.5, 0.6) is 69.0 Å². The summed E-state index contributed by atoms with van der Waals surface area (Å²) in [5.41, 5.74) is 10.2. The van der Waals surface area contributed by atoms with Crippen LogP contribution in [0, 0.1) is 0 Å². The van der Waals surface area contributed by atoms with Crippen LogP contribution in [-0.2, 0) is 37.1 Å². The molecule has 0 saturated heterocycles. The van der Waals surface area contributed by atoms with Gasteiger partial charge >= 0.3 is 17.9 Å². The van der Waals surface area contributed by atoms with Crippen LogP contribution >= 0.6 is 45.3 Å². The summed E-state index contributed by atoms with van der Waals surface area (Å²) in [6.45, 7) is 7.17. The fourth-order valence-corrected chi connectivity index (χ4v) is 18.3. The summed E-state index contributed by atoms with van der Waals surface area (Å²) >= 11 is 6.02. The molecule has 0 amide bonds. The lowest BCUT2D eigenvalue weighted by atomic mass is 9.96. The molecule has 0 fully saturated rings. The molecule has 125 heavy (non-hydrogen) atoms. The lowest BCUT2D eigenvalue weighted by Gasteiger charge is -2.15. The SMILES string of the molecule is CC(=O)/C=C/c1ccc(Oc2c(-c3ccccc3C(C)C)sc3cc(O)ccc23)cc1.CN(C)Cc1ccccc1-c1sc2cc(O)ccc2c1Oc1ccc(/C=C/C(=O)O)cc1.COCc1ccccc1-c1sc2cc(O)ccc2c1Oc1ccc(/C=C/C(=O)O)cc1.O=C(O)/C=C/c1ccc(Oc2c(-c3ccccc3C(F)F)sc3cc(O)ccc23)cc1. The number of phenols is 4. The van der Waals surface area contributed by atoms with Gasteiger partial charge in [-0.2, -0.15) is 0 Å². The fourth-order valence-electron chi connectivity index (χ4n) is 13.5. The number of fused-ring (bicyclic) bond motifs is 4. The van der Waals surface area contributed by atoms with Crippen LogP contribution in [0.25, 0.3) is 106 Å². The maximum Gasteiger partial charge on any atom is 0.328 e. The van der Waals surface area contributed by atoms with Crippen molar-refractivity contribution in [1.82, 2.24) is 4.90 Å². The Hall–Kier alpha value is -14.3. The Bertz CT molecular complexity index is 6500. The number of hydrogen-bond acceptors (Lipinski definition) is 18. The van der Waals surface area contributed by atoms with Gasteiger partial charge in [-0.15, -0.1) is 45.3 Å². The number of methoxy groups -OCH3 is 1. The van der Waals surface area contributed by atoms with E-state index in [4.69, 9.17) is 39.0 Å². The molecule has 17 nitrogen and oxygen atoms in total. The van der Waals surface area contributed by atoms with Crippen LogP contribution in [0.15, 0.2) is 291 Å². The Labute approximate surface area is 734 Å². The smallest absolute Gasteiger partial charge is 0.328 e. The number of carboxylic acid groups (broad SMARTS) is 3. The predicted octanol–water partition coefficient (Wildman–Crippen LogP) is 27.4. The van der Waals surface area contributed by atoms with Crippen LogP contribution < -0.4 is 18.9 Å². The minimum Gasteiger partial charge on any atom is -0.508 e. The van der Waals surface area contributed by atoms with E-state index in [9.17, 15) is 48.4 Å². The molecule has 16 aromatic rings. The fraction of sp³-hybridized carbons (Fsp3) is 0.0980. The van der Waals surface area contributed by atoms with Gasteiger partial charge in [-0.1, -0.05) is 166 Å². The van der Waals surface area contributed by atoms with Crippen molar-refractivity contribution >= 4 is 134 Å². The Kier molecular flexibility index (Phi) is 29.1. The number of phenolic OH excluding ortho intramolecular Hbond substituents is 4. The van der Waals surface area contributed by atoms with Crippen LogP contribution in [0.3, 0.4) is 0 Å². The number of aromatic hydroxyl groups is 4. The lowest BCUT2D eigenvalue weighted by Crippen LogP contribution is -2.11. The number of aliphatic carboxylic acids is 3. The number of alkyl halides is 2. The minimum absolute atomic E-state index is 0.0155. The number of carbonyl (C=O) groups is 4. The van der Waals surface area contributed by atoms with Gasteiger partial charge in [0, 0.05) is 88.9 Å². The molecule has 0 spiro atoms. The van der Waals surface area contributed by atoms with Gasteiger partial charge in [0.1, 0.15) is 46.0 Å². The molecule has 23 heteroatoms. The van der Waals surface area contributed by atoms with Crippen molar-refractivity contribution in [2.75, 3.05) is 21.2 Å². The van der Waals surface area contributed by atoms with E-state index in [-0.39, 0.29) is 34.3 Å². The normalized spacial score (nSPS) is 11.4. The highest BCUT2D eigenvalue weighted by molar-refractivity contribution is 7.24. The number of allylic oxidation sites excluding steroid dienone is 1. The van der Waals surface area contributed by atoms with Crippen LogP contribution in [0.1, 0.15) is 77.6 Å². The topological polar surface area (TPSA) is 259 Å². The van der Waals surface area contributed by atoms with Crippen molar-refractivity contribution in [2.45, 2.75) is 46.3 Å². The molecule has 0 atom stereocenters. The largest absolute Gasteiger partial charge is 0.508 e. The van der Waals surface area contributed by atoms with Gasteiger partial charge in [0.25, 0.3) is 6.43 Å². The van der Waals surface area contributed by atoms with Gasteiger partial charge in [0.2, 0.25) is 0 Å². The quantitative estimate of drug-likeness (QED) is 0.0249. The van der Waals surface area contributed by atoms with Crippen molar-refractivity contribution in [3.8, 4) is 111 Å². The Balaban J connectivity index is 0.000000143. The summed E-state index contributed by atoms with van der Waals surface area (Å²) < 4.78 is 61.4. The predicted molar refractivity (Wildman–Crippen MR) is 499 cm³/mol. The molecule has 16 rings (SSSR count). The van der Waals surface area contributed by atoms with Crippen molar-refractivity contribution in [3.63, 3.8) is 0 Å². The summed E-state index contributed by atoms with van der Waals surface area (Å²) in [6.07, 6.45) is 8.46. The third kappa shape index (κ3) is 22.7. The Morgan fingerprint density at radius 2 is 0.648 bits per heavy atom. The Morgan fingerprint density at radius 3 is 0.952 bits per heavy atom. The third-order valence-corrected chi connectivity index (χ3v) is 23.9. The standard InChI is InChI=1S/C27H24O3S.C26H23NO4S.C25H20O5S.C24H16F2O4S/c1-17(2)22-6-4-5-7-23(22)27-26(24-15-12-20(29)16-25(24)31-27)30-21-13-10-19(11-14-21)9-8-18(3)28;1-27(2)16-18-5-3-4-6-21(18)26-25(22-13-10-19(28)15-23(22)32-26)31-20-11-7-17(8-12-20)9-14-24(29)30;1-29-15-17-4-2-3-5-20(17)25-24(21-12-9-18(26)14-22(21)31-25)30-19-10-6-16(7-11-19)8-13-23(27)28;25-24(26)18-4-2-1-3-17(18)23-22(19-11-8-15(27)13-20(19)31-23)30-16-9-5-14(6-10-16)7-12-21(28)29/h4-17,29H,1-3H3;3-15,28H,16H2,1-2H3,(H,29,30);2-14,26H,15H2,1H3,(H,27,28);1-13,24,27H,(H,28,29)/b9-8+;14-9+;13-8+;12-7+. The average molecular weight is 1750 g/mol. The number of hydrogen-bond donors (Lipinski definition) is 7. The first kappa shape index (κ1) is 88.5. The van der Waals surface area contributed by atoms with Crippen LogP contribution in [0.4, 0.5) is 8.78 Å². The Morgan fingerprint density at radius 1 is 0.368 bits per heavy atom. The zero-order valence-corrected chi connectivity index (χ0v) is 71.5. The number of carboxylic acids is 3. The maximum atomic E-state index is 13.6. The zero-order valence-electron chi connectivity index (χ0n) is 68.2. The van der Waals surface area contributed by atoms with Gasteiger partial charge in [-0.3, -0.25) is 4.79 Å². The molecule has 0 unspecified atom stereocenters. The number of nitrogens with zero attached hydrogens (tertiary/aromatic N) is 1. The second-order valence-electron chi connectivity index (χ2n) is 29.0. The van der Waals surface area contributed by atoms with Gasteiger partial charge in [-0.25, -0.2) is 23.2 Å². The summed E-state index contributed by atoms with van der Waals surface area (Å²) in [5.74, 6) is 3.21.